The number of carbonyl (C=O) groups is 4. The Hall–Kier alpha value is -3.34. The third kappa shape index (κ3) is 15.0. The Morgan fingerprint density at radius 2 is 1.33 bits per heavy atom. The molecule has 1 aromatic carbocycles. The monoisotopic (exact) mass is 553 g/mol. The number of hydrogen-bond donors (Lipinski definition) is 1. The van der Waals surface area contributed by atoms with Crippen molar-refractivity contribution in [2.75, 3.05) is 6.61 Å². The molecule has 39 heavy (non-hydrogen) atoms. The number of benzene rings is 1. The Bertz CT molecular complexity index is 1010. The molecule has 1 rings (SSSR count). The van der Waals surface area contributed by atoms with Crippen molar-refractivity contribution >= 4 is 24.2 Å². The summed E-state index contributed by atoms with van der Waals surface area (Å²) >= 11 is 0. The van der Waals surface area contributed by atoms with Gasteiger partial charge in [-0.2, -0.15) is 0 Å². The van der Waals surface area contributed by atoms with Crippen molar-refractivity contribution < 1.29 is 47.6 Å². The van der Waals surface area contributed by atoms with Crippen LogP contribution in [0.3, 0.4) is 0 Å². The molecule has 0 aromatic heterocycles. The van der Waals surface area contributed by atoms with Crippen molar-refractivity contribution in [1.82, 2.24) is 0 Å². The molecule has 0 aliphatic heterocycles. The first kappa shape index (κ1) is 33.7. The summed E-state index contributed by atoms with van der Waals surface area (Å²) in [5, 5.41) is 0. The molecular weight excluding hydrogens is 510 g/mol. The Kier molecular flexibility index (Phi) is 11.8. The lowest BCUT2D eigenvalue weighted by molar-refractivity contribution is -0.160. The average Bonchev–Trinajstić information content (AvgIpc) is 2.69. The molecule has 220 valence electrons. The van der Waals surface area contributed by atoms with Gasteiger partial charge >= 0.3 is 24.2 Å². The van der Waals surface area contributed by atoms with E-state index >= 15 is 0 Å². The van der Waals surface area contributed by atoms with Crippen molar-refractivity contribution in [2.45, 2.75) is 105 Å². The molecule has 0 radical (unpaired) electrons. The van der Waals surface area contributed by atoms with Crippen molar-refractivity contribution in [3.63, 3.8) is 0 Å². The molecule has 0 fully saturated rings. The maximum atomic E-state index is 12.5. The normalized spacial score (nSPS) is 13.5. The van der Waals surface area contributed by atoms with E-state index in [4.69, 9.17) is 34.2 Å². The number of ether oxygens (including phenoxy) is 6. The van der Waals surface area contributed by atoms with E-state index in [-0.39, 0.29) is 42.3 Å². The minimum absolute atomic E-state index is 0.00836. The average molecular weight is 554 g/mol. The molecule has 0 amide bonds. The standard InChI is InChI=1S/C28H43NO10/c1-17(35-22(30)15-26(2,3)4)16-34-23(31)19(29)13-18-11-12-20(36-24(32)38-27(5,6)7)21(14-18)37-25(33)39-28(8,9)10/h11-12,14,17,19H,13,15-16,29H2,1-10H3/t17-,19-/m0/s1. The zero-order valence-electron chi connectivity index (χ0n) is 24.7. The molecule has 0 heterocycles. The van der Waals surface area contributed by atoms with Gasteiger partial charge in [0.25, 0.3) is 0 Å². The van der Waals surface area contributed by atoms with Crippen LogP contribution in [0.15, 0.2) is 18.2 Å². The van der Waals surface area contributed by atoms with Gasteiger partial charge in [0.05, 0.1) is 6.42 Å². The molecule has 0 bridgehead atoms. The van der Waals surface area contributed by atoms with Crippen LogP contribution in [0.1, 0.15) is 81.2 Å². The van der Waals surface area contributed by atoms with Crippen LogP contribution in [-0.2, 0) is 35.0 Å². The van der Waals surface area contributed by atoms with Gasteiger partial charge in [0.2, 0.25) is 0 Å². The second kappa shape index (κ2) is 13.6. The maximum absolute atomic E-state index is 12.5. The highest BCUT2D eigenvalue weighted by atomic mass is 16.8. The van der Waals surface area contributed by atoms with E-state index in [0.29, 0.717) is 5.56 Å². The lowest BCUT2D eigenvalue weighted by atomic mass is 9.92. The first-order valence-electron chi connectivity index (χ1n) is 12.7. The quantitative estimate of drug-likeness (QED) is 0.247. The van der Waals surface area contributed by atoms with Crippen LogP contribution in [0.5, 0.6) is 11.5 Å². The Morgan fingerprint density at radius 3 is 1.82 bits per heavy atom. The Morgan fingerprint density at radius 1 is 0.821 bits per heavy atom. The molecule has 2 N–H and O–H groups in total. The maximum Gasteiger partial charge on any atom is 0.514 e. The molecule has 0 aliphatic carbocycles. The summed E-state index contributed by atoms with van der Waals surface area (Å²) in [6.07, 6.45) is -2.43. The highest BCUT2D eigenvalue weighted by Crippen LogP contribution is 2.31. The van der Waals surface area contributed by atoms with Crippen molar-refractivity contribution in [3.8, 4) is 11.5 Å². The van der Waals surface area contributed by atoms with Gasteiger partial charge in [-0.05, 0) is 78.0 Å². The number of hydrogen-bond acceptors (Lipinski definition) is 11. The molecule has 0 unspecified atom stereocenters. The number of rotatable bonds is 9. The fourth-order valence-electron chi connectivity index (χ4n) is 2.94. The Labute approximate surface area is 230 Å². The van der Waals surface area contributed by atoms with Crippen LogP contribution in [0.2, 0.25) is 0 Å². The second-order valence-electron chi connectivity index (χ2n) is 12.4. The third-order valence-corrected chi connectivity index (χ3v) is 4.40. The fraction of sp³-hybridized carbons (Fsp3) is 0.643. The summed E-state index contributed by atoms with van der Waals surface area (Å²) in [6.45, 7) is 17.2. The van der Waals surface area contributed by atoms with E-state index in [1.54, 1.807) is 54.5 Å². The molecule has 0 aliphatic rings. The van der Waals surface area contributed by atoms with Crippen molar-refractivity contribution in [3.05, 3.63) is 23.8 Å². The summed E-state index contributed by atoms with van der Waals surface area (Å²) in [5.74, 6) is -1.33. The van der Waals surface area contributed by atoms with E-state index in [1.165, 1.54) is 12.1 Å². The Balaban J connectivity index is 2.91. The summed E-state index contributed by atoms with van der Waals surface area (Å²) < 4.78 is 31.3. The van der Waals surface area contributed by atoms with Gasteiger partial charge in [-0.15, -0.1) is 0 Å². The third-order valence-electron chi connectivity index (χ3n) is 4.40. The van der Waals surface area contributed by atoms with Gasteiger partial charge in [-0.25, -0.2) is 9.59 Å². The first-order chi connectivity index (χ1) is 17.6. The van der Waals surface area contributed by atoms with Crippen LogP contribution in [-0.4, -0.2) is 54.2 Å². The number of nitrogens with two attached hydrogens (primary N) is 1. The second-order valence-corrected chi connectivity index (χ2v) is 12.4. The van der Waals surface area contributed by atoms with E-state index in [0.717, 1.165) is 0 Å². The smallest absolute Gasteiger partial charge is 0.461 e. The molecule has 1 aromatic rings. The zero-order valence-corrected chi connectivity index (χ0v) is 24.7. The molecule has 0 spiro atoms. The predicted octanol–water partition coefficient (Wildman–Crippen LogP) is 5.10. The first-order valence-corrected chi connectivity index (χ1v) is 12.7. The van der Waals surface area contributed by atoms with Crippen molar-refractivity contribution in [1.29, 1.82) is 0 Å². The molecular formula is C28H43NO10. The van der Waals surface area contributed by atoms with Crippen molar-refractivity contribution in [2.24, 2.45) is 11.1 Å². The van der Waals surface area contributed by atoms with Gasteiger partial charge in [-0.1, -0.05) is 26.8 Å². The van der Waals surface area contributed by atoms with Gasteiger partial charge in [0.1, 0.15) is 30.0 Å². The fourth-order valence-corrected chi connectivity index (χ4v) is 2.94. The molecule has 0 saturated heterocycles. The minimum Gasteiger partial charge on any atom is -0.461 e. The molecule has 0 saturated carbocycles. The van der Waals surface area contributed by atoms with Gasteiger partial charge in [-0.3, -0.25) is 9.59 Å². The highest BCUT2D eigenvalue weighted by molar-refractivity contribution is 5.76. The SMILES string of the molecule is C[C@@H](COC(=O)[C@@H](N)Cc1ccc(OC(=O)OC(C)(C)C)c(OC(=O)OC(C)(C)C)c1)OC(=O)CC(C)(C)C. The van der Waals surface area contributed by atoms with E-state index < -0.39 is 41.6 Å². The van der Waals surface area contributed by atoms with Crippen LogP contribution in [0.25, 0.3) is 0 Å². The number of carbonyl (C=O) groups excluding carboxylic acids is 4. The van der Waals surface area contributed by atoms with Crippen LogP contribution < -0.4 is 15.2 Å². The number of esters is 2. The summed E-state index contributed by atoms with van der Waals surface area (Å²) in [6, 6.07) is 3.25. The molecule has 11 heteroatoms. The van der Waals surface area contributed by atoms with Gasteiger partial charge in [0.15, 0.2) is 11.5 Å². The lowest BCUT2D eigenvalue weighted by Gasteiger charge is -2.21. The zero-order chi connectivity index (χ0) is 30.2. The van der Waals surface area contributed by atoms with E-state index in [9.17, 15) is 19.2 Å². The van der Waals surface area contributed by atoms with Gasteiger partial charge in [0, 0.05) is 0 Å². The van der Waals surface area contributed by atoms with E-state index in [1.807, 2.05) is 20.8 Å². The van der Waals surface area contributed by atoms with Crippen LogP contribution in [0, 0.1) is 5.41 Å². The predicted molar refractivity (Wildman–Crippen MR) is 142 cm³/mol. The summed E-state index contributed by atoms with van der Waals surface area (Å²) in [7, 11) is 0. The summed E-state index contributed by atoms with van der Waals surface area (Å²) in [5.41, 5.74) is 4.65. The van der Waals surface area contributed by atoms with Gasteiger partial charge < -0.3 is 34.2 Å². The highest BCUT2D eigenvalue weighted by Gasteiger charge is 2.25. The molecule has 11 nitrogen and oxygen atoms in total. The molecule has 2 atom stereocenters. The van der Waals surface area contributed by atoms with Crippen LogP contribution >= 0.6 is 0 Å². The topological polar surface area (TPSA) is 150 Å². The van der Waals surface area contributed by atoms with Crippen LogP contribution in [0.4, 0.5) is 9.59 Å². The largest absolute Gasteiger partial charge is 0.514 e. The summed E-state index contributed by atoms with van der Waals surface area (Å²) in [4.78, 5) is 48.9. The minimum atomic E-state index is -1.07. The van der Waals surface area contributed by atoms with E-state index in [2.05, 4.69) is 0 Å². The lowest BCUT2D eigenvalue weighted by Crippen LogP contribution is -2.36.